The lowest BCUT2D eigenvalue weighted by atomic mass is 9.99. The van der Waals surface area contributed by atoms with Crippen molar-refractivity contribution in [1.29, 1.82) is 0 Å². The van der Waals surface area contributed by atoms with Gasteiger partial charge in [-0.05, 0) is 63.9 Å². The highest BCUT2D eigenvalue weighted by Gasteiger charge is 2.42. The number of carbonyl (C=O) groups is 2. The van der Waals surface area contributed by atoms with Crippen molar-refractivity contribution < 1.29 is 18.0 Å². The first-order valence-electron chi connectivity index (χ1n) is 8.54. The summed E-state index contributed by atoms with van der Waals surface area (Å²) < 4.78 is 26.0. The summed E-state index contributed by atoms with van der Waals surface area (Å²) >= 11 is 0. The third kappa shape index (κ3) is 3.28. The highest BCUT2D eigenvalue weighted by atomic mass is 32.2. The minimum Gasteiger partial charge on any atom is -0.352 e. The minimum atomic E-state index is -3.89. The van der Waals surface area contributed by atoms with Crippen LogP contribution in [0.4, 0.5) is 0 Å². The first kappa shape index (κ1) is 17.9. The smallest absolute Gasteiger partial charge is 0.269 e. The van der Waals surface area contributed by atoms with Crippen LogP contribution in [0.2, 0.25) is 0 Å². The van der Waals surface area contributed by atoms with Crippen LogP contribution in [-0.2, 0) is 10.0 Å². The van der Waals surface area contributed by atoms with E-state index in [1.807, 2.05) is 0 Å². The molecule has 2 amide bonds. The highest BCUT2D eigenvalue weighted by Crippen LogP contribution is 2.32. The molecule has 1 aromatic rings. The van der Waals surface area contributed by atoms with Gasteiger partial charge in [0.25, 0.3) is 21.8 Å². The molecule has 0 spiro atoms. The van der Waals surface area contributed by atoms with E-state index in [0.29, 0.717) is 12.5 Å². The van der Waals surface area contributed by atoms with Crippen molar-refractivity contribution in [2.45, 2.75) is 37.6 Å². The van der Waals surface area contributed by atoms with Gasteiger partial charge in [0.05, 0.1) is 5.56 Å². The van der Waals surface area contributed by atoms with E-state index in [1.54, 1.807) is 13.8 Å². The number of piperidine rings is 1. The molecule has 1 aromatic carbocycles. The number of rotatable bonds is 4. The SMILES string of the molecule is CC(C)N1C(=O)c2ccc(C(=O)NCC3CCCNC3)cc2S1(=O)=O. The second-order valence-corrected chi connectivity index (χ2v) is 8.62. The Balaban J connectivity index is 1.79. The molecule has 8 heteroatoms. The van der Waals surface area contributed by atoms with Crippen molar-refractivity contribution in [3.63, 3.8) is 0 Å². The zero-order valence-electron chi connectivity index (χ0n) is 14.4. The number of nitrogens with one attached hydrogen (secondary N) is 2. The molecular formula is C17H23N3O4S. The Bertz CT molecular complexity index is 798. The summed E-state index contributed by atoms with van der Waals surface area (Å²) in [6, 6.07) is 3.76. The normalized spacial score (nSPS) is 22.1. The first-order valence-corrected chi connectivity index (χ1v) is 9.98. The van der Waals surface area contributed by atoms with Crippen molar-refractivity contribution >= 4 is 21.8 Å². The number of carbonyl (C=O) groups excluding carboxylic acids is 2. The van der Waals surface area contributed by atoms with Gasteiger partial charge in [0.2, 0.25) is 0 Å². The lowest BCUT2D eigenvalue weighted by Gasteiger charge is -2.22. The fourth-order valence-corrected chi connectivity index (χ4v) is 5.13. The van der Waals surface area contributed by atoms with Crippen molar-refractivity contribution in [2.75, 3.05) is 19.6 Å². The molecule has 0 aliphatic carbocycles. The van der Waals surface area contributed by atoms with Crippen LogP contribution in [0.25, 0.3) is 0 Å². The standard InChI is InChI=1S/C17H23N3O4S/c1-11(2)20-17(22)14-6-5-13(8-15(14)25(20,23)24)16(21)19-10-12-4-3-7-18-9-12/h5-6,8,11-12,18H,3-4,7,9-10H2,1-2H3,(H,19,21). The van der Waals surface area contributed by atoms with Gasteiger partial charge in [0.15, 0.2) is 0 Å². The van der Waals surface area contributed by atoms with Crippen molar-refractivity contribution in [3.05, 3.63) is 29.3 Å². The van der Waals surface area contributed by atoms with E-state index in [1.165, 1.54) is 18.2 Å². The Morgan fingerprint density at radius 2 is 2.16 bits per heavy atom. The van der Waals surface area contributed by atoms with Crippen LogP contribution >= 0.6 is 0 Å². The van der Waals surface area contributed by atoms with Crippen LogP contribution in [0.3, 0.4) is 0 Å². The summed E-state index contributed by atoms with van der Waals surface area (Å²) in [6.45, 7) is 5.72. The maximum Gasteiger partial charge on any atom is 0.269 e. The van der Waals surface area contributed by atoms with Gasteiger partial charge in [-0.2, -0.15) is 0 Å². The van der Waals surface area contributed by atoms with Gasteiger partial charge in [-0.25, -0.2) is 12.7 Å². The molecule has 2 N–H and O–H groups in total. The van der Waals surface area contributed by atoms with E-state index in [4.69, 9.17) is 0 Å². The van der Waals surface area contributed by atoms with Crippen LogP contribution in [0, 0.1) is 5.92 Å². The number of sulfonamides is 1. The van der Waals surface area contributed by atoms with Gasteiger partial charge in [0.1, 0.15) is 4.90 Å². The van der Waals surface area contributed by atoms with Crippen LogP contribution in [-0.4, -0.2) is 50.2 Å². The van der Waals surface area contributed by atoms with Crippen molar-refractivity contribution in [3.8, 4) is 0 Å². The molecule has 1 fully saturated rings. The van der Waals surface area contributed by atoms with Gasteiger partial charge in [-0.15, -0.1) is 0 Å². The second-order valence-electron chi connectivity index (χ2n) is 6.83. The Morgan fingerprint density at radius 1 is 1.40 bits per heavy atom. The van der Waals surface area contributed by atoms with Crippen LogP contribution in [0.15, 0.2) is 23.1 Å². The lowest BCUT2D eigenvalue weighted by Crippen LogP contribution is -2.38. The predicted octanol–water partition coefficient (Wildman–Crippen LogP) is 0.969. The largest absolute Gasteiger partial charge is 0.352 e. The quantitative estimate of drug-likeness (QED) is 0.829. The molecule has 0 saturated carbocycles. The molecule has 2 aliphatic rings. The molecule has 0 bridgehead atoms. The van der Waals surface area contributed by atoms with Crippen LogP contribution in [0.5, 0.6) is 0 Å². The monoisotopic (exact) mass is 365 g/mol. The number of nitrogens with zero attached hydrogens (tertiary/aromatic N) is 1. The molecule has 25 heavy (non-hydrogen) atoms. The highest BCUT2D eigenvalue weighted by molar-refractivity contribution is 7.90. The van der Waals surface area contributed by atoms with Crippen molar-refractivity contribution in [2.24, 2.45) is 5.92 Å². The zero-order chi connectivity index (χ0) is 18.2. The average Bonchev–Trinajstić information content (AvgIpc) is 2.79. The zero-order valence-corrected chi connectivity index (χ0v) is 15.2. The third-order valence-corrected chi connectivity index (χ3v) is 6.63. The summed E-state index contributed by atoms with van der Waals surface area (Å²) in [7, 11) is -3.89. The number of hydrogen-bond acceptors (Lipinski definition) is 5. The summed E-state index contributed by atoms with van der Waals surface area (Å²) in [5.74, 6) is -0.474. The lowest BCUT2D eigenvalue weighted by molar-refractivity contribution is 0.0845. The van der Waals surface area contributed by atoms with Gasteiger partial charge in [-0.3, -0.25) is 9.59 Å². The molecule has 136 valence electrons. The molecule has 0 radical (unpaired) electrons. The summed E-state index contributed by atoms with van der Waals surface area (Å²) in [5, 5.41) is 6.15. The Hall–Kier alpha value is -1.93. The fourth-order valence-electron chi connectivity index (χ4n) is 3.34. The summed E-state index contributed by atoms with van der Waals surface area (Å²) in [5.41, 5.74) is 0.381. The summed E-state index contributed by atoms with van der Waals surface area (Å²) in [6.07, 6.45) is 2.15. The van der Waals surface area contributed by atoms with Crippen LogP contribution in [0.1, 0.15) is 47.4 Å². The number of fused-ring (bicyclic) bond motifs is 1. The van der Waals surface area contributed by atoms with E-state index in [-0.39, 0.29) is 21.9 Å². The number of hydrogen-bond donors (Lipinski definition) is 2. The van der Waals surface area contributed by atoms with E-state index in [2.05, 4.69) is 10.6 Å². The number of amides is 2. The van der Waals surface area contributed by atoms with E-state index >= 15 is 0 Å². The van der Waals surface area contributed by atoms with Crippen molar-refractivity contribution in [1.82, 2.24) is 14.9 Å². The molecule has 7 nitrogen and oxygen atoms in total. The first-order chi connectivity index (χ1) is 11.8. The fraction of sp³-hybridized carbons (Fsp3) is 0.529. The molecule has 1 saturated heterocycles. The maximum absolute atomic E-state index is 12.6. The van der Waals surface area contributed by atoms with E-state index < -0.39 is 22.0 Å². The molecule has 2 aliphatic heterocycles. The topological polar surface area (TPSA) is 95.6 Å². The Labute approximate surface area is 147 Å². The Morgan fingerprint density at radius 3 is 2.80 bits per heavy atom. The van der Waals surface area contributed by atoms with Gasteiger partial charge in [0, 0.05) is 18.2 Å². The maximum atomic E-state index is 12.6. The third-order valence-electron chi connectivity index (χ3n) is 4.63. The minimum absolute atomic E-state index is 0.0850. The van der Waals surface area contributed by atoms with E-state index in [9.17, 15) is 18.0 Å². The number of benzene rings is 1. The molecule has 2 heterocycles. The molecule has 0 aromatic heterocycles. The summed E-state index contributed by atoms with van der Waals surface area (Å²) in [4.78, 5) is 24.6. The molecule has 1 atom stereocenters. The second kappa shape index (κ2) is 6.76. The molecule has 3 rings (SSSR count). The molecular weight excluding hydrogens is 342 g/mol. The van der Waals surface area contributed by atoms with Crippen LogP contribution < -0.4 is 10.6 Å². The van der Waals surface area contributed by atoms with E-state index in [0.717, 1.165) is 30.2 Å². The Kier molecular flexibility index (Phi) is 4.83. The average molecular weight is 365 g/mol. The van der Waals surface area contributed by atoms with Gasteiger partial charge >= 0.3 is 0 Å². The predicted molar refractivity (Wildman–Crippen MR) is 92.9 cm³/mol. The van der Waals surface area contributed by atoms with Gasteiger partial charge in [-0.1, -0.05) is 0 Å². The van der Waals surface area contributed by atoms with Gasteiger partial charge < -0.3 is 10.6 Å². The molecule has 1 unspecified atom stereocenters.